The lowest BCUT2D eigenvalue weighted by Crippen LogP contribution is -2.73. The molecule has 0 aromatic heterocycles. The number of hydrogen-bond donors (Lipinski definition) is 1. The Hall–Kier alpha value is -1.88. The van der Waals surface area contributed by atoms with Gasteiger partial charge in [0.2, 0.25) is 11.8 Å². The smallest absolute Gasteiger partial charge is 0.246 e. The topological polar surface area (TPSA) is 52.7 Å². The van der Waals surface area contributed by atoms with Crippen LogP contribution in [0.4, 0.5) is 0 Å². The number of nitrogens with zero attached hydrogens (tertiary/aromatic N) is 2. The van der Waals surface area contributed by atoms with E-state index in [1.807, 2.05) is 4.90 Å². The minimum atomic E-state index is -0.663. The summed E-state index contributed by atoms with van der Waals surface area (Å²) in [7, 11) is 0. The molecule has 2 fully saturated rings. The lowest BCUT2D eigenvalue weighted by atomic mass is 9.80. The zero-order valence-corrected chi connectivity index (χ0v) is 18.5. The van der Waals surface area contributed by atoms with E-state index in [2.05, 4.69) is 62.2 Å². The van der Waals surface area contributed by atoms with E-state index < -0.39 is 5.54 Å². The van der Waals surface area contributed by atoms with Gasteiger partial charge in [-0.05, 0) is 44.1 Å². The molecule has 2 saturated heterocycles. The van der Waals surface area contributed by atoms with Gasteiger partial charge in [-0.25, -0.2) is 0 Å². The first-order valence-corrected chi connectivity index (χ1v) is 11.3. The van der Waals surface area contributed by atoms with Crippen molar-refractivity contribution < 1.29 is 9.59 Å². The summed E-state index contributed by atoms with van der Waals surface area (Å²) >= 11 is 0. The molecule has 2 aliphatic rings. The SMILES string of the molecule is CCCCN1C(=O)[C@H](CC(C)C)NC(=O)C12CCN(Cc1ccc(C)cc1)CC2. The number of benzene rings is 1. The van der Waals surface area contributed by atoms with Crippen LogP contribution in [-0.4, -0.2) is 52.8 Å². The normalized spacial score (nSPS) is 22.4. The van der Waals surface area contributed by atoms with Crippen LogP contribution in [0.5, 0.6) is 0 Å². The number of carbonyl (C=O) groups excluding carboxylic acids is 2. The number of likely N-dealkylation sites (tertiary alicyclic amines) is 1. The first-order valence-electron chi connectivity index (χ1n) is 11.3. The van der Waals surface area contributed by atoms with Gasteiger partial charge >= 0.3 is 0 Å². The molecule has 5 nitrogen and oxygen atoms in total. The van der Waals surface area contributed by atoms with E-state index in [0.717, 1.165) is 32.5 Å². The van der Waals surface area contributed by atoms with Crippen LogP contribution in [-0.2, 0) is 16.1 Å². The average molecular weight is 400 g/mol. The summed E-state index contributed by atoms with van der Waals surface area (Å²) in [6.07, 6.45) is 4.12. The Morgan fingerprint density at radius 1 is 1.14 bits per heavy atom. The standard InChI is InChI=1S/C24H37N3O2/c1-5-6-13-27-22(28)21(16-18(2)3)25-23(29)24(27)11-14-26(15-12-24)17-20-9-7-19(4)8-10-20/h7-10,18,21H,5-6,11-17H2,1-4H3,(H,25,29)/t21-/m0/s1. The molecule has 2 heterocycles. The fourth-order valence-electron chi connectivity index (χ4n) is 4.68. The number of piperidine rings is 1. The molecule has 1 atom stereocenters. The van der Waals surface area contributed by atoms with Crippen molar-refractivity contribution in [2.24, 2.45) is 5.92 Å². The molecule has 0 bridgehead atoms. The van der Waals surface area contributed by atoms with Crippen LogP contribution in [0.3, 0.4) is 0 Å². The predicted octanol–water partition coefficient (Wildman–Crippen LogP) is 3.50. The summed E-state index contributed by atoms with van der Waals surface area (Å²) in [5, 5.41) is 3.09. The van der Waals surface area contributed by atoms with E-state index in [1.165, 1.54) is 11.1 Å². The largest absolute Gasteiger partial charge is 0.342 e. The quantitative estimate of drug-likeness (QED) is 0.763. The molecule has 5 heteroatoms. The number of nitrogens with one attached hydrogen (secondary N) is 1. The molecule has 1 N–H and O–H groups in total. The van der Waals surface area contributed by atoms with Gasteiger partial charge in [0.1, 0.15) is 11.6 Å². The minimum Gasteiger partial charge on any atom is -0.342 e. The van der Waals surface area contributed by atoms with Crippen LogP contribution in [0.1, 0.15) is 64.0 Å². The zero-order valence-electron chi connectivity index (χ0n) is 18.5. The molecule has 2 amide bonds. The number of rotatable bonds is 7. The summed E-state index contributed by atoms with van der Waals surface area (Å²) in [6.45, 7) is 11.7. The second-order valence-corrected chi connectivity index (χ2v) is 9.29. The molecule has 160 valence electrons. The molecular weight excluding hydrogens is 362 g/mol. The van der Waals surface area contributed by atoms with Crippen molar-refractivity contribution in [3.8, 4) is 0 Å². The molecule has 0 radical (unpaired) electrons. The zero-order chi connectivity index (χ0) is 21.0. The lowest BCUT2D eigenvalue weighted by molar-refractivity contribution is -0.161. The molecule has 0 aliphatic carbocycles. The van der Waals surface area contributed by atoms with Crippen LogP contribution < -0.4 is 5.32 Å². The molecule has 3 rings (SSSR count). The number of hydrogen-bond acceptors (Lipinski definition) is 3. The monoisotopic (exact) mass is 399 g/mol. The van der Waals surface area contributed by atoms with Gasteiger partial charge in [0.25, 0.3) is 0 Å². The summed E-state index contributed by atoms with van der Waals surface area (Å²) in [4.78, 5) is 30.9. The van der Waals surface area contributed by atoms with Crippen molar-refractivity contribution in [2.75, 3.05) is 19.6 Å². The van der Waals surface area contributed by atoms with Gasteiger partial charge < -0.3 is 10.2 Å². The van der Waals surface area contributed by atoms with Crippen LogP contribution >= 0.6 is 0 Å². The van der Waals surface area contributed by atoms with Crippen molar-refractivity contribution in [2.45, 2.75) is 77.9 Å². The average Bonchev–Trinajstić information content (AvgIpc) is 2.69. The molecular formula is C24H37N3O2. The highest BCUT2D eigenvalue weighted by atomic mass is 16.2. The van der Waals surface area contributed by atoms with Crippen LogP contribution in [0.25, 0.3) is 0 Å². The van der Waals surface area contributed by atoms with Crippen LogP contribution in [0.15, 0.2) is 24.3 Å². The molecule has 1 aromatic carbocycles. The number of carbonyl (C=O) groups is 2. The Kier molecular flexibility index (Phi) is 6.99. The van der Waals surface area contributed by atoms with E-state index in [-0.39, 0.29) is 17.9 Å². The molecule has 0 unspecified atom stereocenters. The van der Waals surface area contributed by atoms with Crippen molar-refractivity contribution >= 4 is 11.8 Å². The van der Waals surface area contributed by atoms with E-state index >= 15 is 0 Å². The summed E-state index contributed by atoms with van der Waals surface area (Å²) in [6, 6.07) is 8.29. The lowest BCUT2D eigenvalue weighted by Gasteiger charge is -2.52. The molecule has 29 heavy (non-hydrogen) atoms. The maximum atomic E-state index is 13.3. The van der Waals surface area contributed by atoms with Gasteiger partial charge in [0.05, 0.1) is 0 Å². The maximum Gasteiger partial charge on any atom is 0.246 e. The third-order valence-corrected chi connectivity index (χ3v) is 6.46. The summed E-state index contributed by atoms with van der Waals surface area (Å²) in [5.74, 6) is 0.565. The summed E-state index contributed by atoms with van der Waals surface area (Å²) < 4.78 is 0. The Morgan fingerprint density at radius 2 is 1.79 bits per heavy atom. The van der Waals surface area contributed by atoms with E-state index in [0.29, 0.717) is 31.7 Å². The number of unbranched alkanes of at least 4 members (excludes halogenated alkanes) is 1. The van der Waals surface area contributed by atoms with Gasteiger partial charge in [-0.15, -0.1) is 0 Å². The third-order valence-electron chi connectivity index (χ3n) is 6.46. The van der Waals surface area contributed by atoms with E-state index in [1.54, 1.807) is 0 Å². The second-order valence-electron chi connectivity index (χ2n) is 9.29. The Bertz CT molecular complexity index is 705. The number of amides is 2. The third kappa shape index (κ3) is 4.82. The van der Waals surface area contributed by atoms with E-state index in [9.17, 15) is 9.59 Å². The van der Waals surface area contributed by atoms with Crippen molar-refractivity contribution in [3.63, 3.8) is 0 Å². The fraction of sp³-hybridized carbons (Fsp3) is 0.667. The van der Waals surface area contributed by atoms with Crippen molar-refractivity contribution in [1.82, 2.24) is 15.1 Å². The Morgan fingerprint density at radius 3 is 2.38 bits per heavy atom. The van der Waals surface area contributed by atoms with Gasteiger partial charge in [0.15, 0.2) is 0 Å². The highest BCUT2D eigenvalue weighted by molar-refractivity contribution is 6.00. The van der Waals surface area contributed by atoms with Crippen molar-refractivity contribution in [3.05, 3.63) is 35.4 Å². The molecule has 1 spiro atoms. The van der Waals surface area contributed by atoms with Crippen LogP contribution in [0.2, 0.25) is 0 Å². The van der Waals surface area contributed by atoms with Gasteiger partial charge in [-0.1, -0.05) is 57.0 Å². The van der Waals surface area contributed by atoms with Gasteiger partial charge in [-0.3, -0.25) is 14.5 Å². The minimum absolute atomic E-state index is 0.0637. The molecule has 0 saturated carbocycles. The number of piperazine rings is 1. The first kappa shape index (κ1) is 21.8. The van der Waals surface area contributed by atoms with Crippen LogP contribution in [0, 0.1) is 12.8 Å². The number of aryl methyl sites for hydroxylation is 1. The Labute approximate surface area is 175 Å². The predicted molar refractivity (Wildman–Crippen MR) is 116 cm³/mol. The van der Waals surface area contributed by atoms with Gasteiger partial charge in [-0.2, -0.15) is 0 Å². The highest BCUT2D eigenvalue weighted by Gasteiger charge is 2.53. The molecule has 1 aromatic rings. The second kappa shape index (κ2) is 9.29. The Balaban J connectivity index is 1.72. The van der Waals surface area contributed by atoms with E-state index in [4.69, 9.17) is 0 Å². The van der Waals surface area contributed by atoms with Gasteiger partial charge in [0, 0.05) is 26.2 Å². The summed E-state index contributed by atoms with van der Waals surface area (Å²) in [5.41, 5.74) is 1.91. The fourth-order valence-corrected chi connectivity index (χ4v) is 4.68. The first-order chi connectivity index (χ1) is 13.9. The molecule has 2 aliphatic heterocycles. The highest BCUT2D eigenvalue weighted by Crippen LogP contribution is 2.34. The van der Waals surface area contributed by atoms with Crippen molar-refractivity contribution in [1.29, 1.82) is 0 Å². The maximum absolute atomic E-state index is 13.3.